The maximum absolute atomic E-state index is 12.3. The number of hydrogen-bond acceptors (Lipinski definition) is 8. The minimum absolute atomic E-state index is 0.110. The maximum Gasteiger partial charge on any atom is 0.322 e. The van der Waals surface area contributed by atoms with E-state index < -0.39 is 10.8 Å². The van der Waals surface area contributed by atoms with Crippen molar-refractivity contribution in [1.82, 2.24) is 10.2 Å². The maximum atomic E-state index is 12.3. The number of nitro groups is 1. The predicted molar refractivity (Wildman–Crippen MR) is 91.8 cm³/mol. The van der Waals surface area contributed by atoms with Crippen molar-refractivity contribution < 1.29 is 23.6 Å². The Morgan fingerprint density at radius 2 is 1.85 bits per heavy atom. The van der Waals surface area contributed by atoms with Crippen molar-refractivity contribution in [2.45, 2.75) is 0 Å². The molecule has 2 aromatic carbocycles. The Kier molecular flexibility index (Phi) is 4.13. The number of ether oxygens (including phenoxy) is 2. The standard InChI is InChI=1S/C17H12N4O6/c22-15(11-3-1-2-4-12(11)21(23)24)18-17-20-19-16(27-17)10-5-6-13-14(9-10)26-8-7-25-13/h1-6,9H,7-8H2,(H,18,20,22). The summed E-state index contributed by atoms with van der Waals surface area (Å²) < 4.78 is 16.4. The molecule has 10 nitrogen and oxygen atoms in total. The molecule has 1 aromatic heterocycles. The van der Waals surface area contributed by atoms with Crippen LogP contribution in [0.3, 0.4) is 0 Å². The van der Waals surface area contributed by atoms with Crippen LogP contribution in [-0.4, -0.2) is 34.2 Å². The van der Waals surface area contributed by atoms with Crippen molar-refractivity contribution in [2.24, 2.45) is 0 Å². The van der Waals surface area contributed by atoms with Gasteiger partial charge in [0.15, 0.2) is 11.5 Å². The molecule has 10 heteroatoms. The van der Waals surface area contributed by atoms with Crippen molar-refractivity contribution >= 4 is 17.6 Å². The van der Waals surface area contributed by atoms with Crippen molar-refractivity contribution in [3.63, 3.8) is 0 Å². The number of aromatic nitrogens is 2. The summed E-state index contributed by atoms with van der Waals surface area (Å²) in [7, 11) is 0. The zero-order valence-electron chi connectivity index (χ0n) is 13.7. The molecule has 0 spiro atoms. The lowest BCUT2D eigenvalue weighted by Crippen LogP contribution is -2.15. The van der Waals surface area contributed by atoms with Crippen LogP contribution in [0, 0.1) is 10.1 Å². The van der Waals surface area contributed by atoms with Crippen LogP contribution < -0.4 is 14.8 Å². The van der Waals surface area contributed by atoms with Crippen LogP contribution in [0.25, 0.3) is 11.5 Å². The first-order valence-electron chi connectivity index (χ1n) is 7.90. The first-order chi connectivity index (χ1) is 13.1. The van der Waals surface area contributed by atoms with Gasteiger partial charge in [-0.1, -0.05) is 17.2 Å². The summed E-state index contributed by atoms with van der Waals surface area (Å²) in [4.78, 5) is 22.7. The summed E-state index contributed by atoms with van der Waals surface area (Å²) in [6, 6.07) is 10.5. The number of nitrogens with one attached hydrogen (secondary N) is 1. The summed E-state index contributed by atoms with van der Waals surface area (Å²) in [5.41, 5.74) is 0.154. The fourth-order valence-corrected chi connectivity index (χ4v) is 2.56. The lowest BCUT2D eigenvalue weighted by atomic mass is 10.1. The number of fused-ring (bicyclic) bond motifs is 1. The molecule has 0 saturated heterocycles. The summed E-state index contributed by atoms with van der Waals surface area (Å²) in [5, 5.41) is 21.0. The van der Waals surface area contributed by atoms with E-state index in [0.29, 0.717) is 30.3 Å². The highest BCUT2D eigenvalue weighted by molar-refractivity contribution is 6.06. The van der Waals surface area contributed by atoms with Gasteiger partial charge in [-0.15, -0.1) is 5.10 Å². The molecule has 1 amide bonds. The van der Waals surface area contributed by atoms with Crippen molar-refractivity contribution in [3.8, 4) is 23.0 Å². The molecule has 1 N–H and O–H groups in total. The van der Waals surface area contributed by atoms with Crippen LogP contribution in [0.2, 0.25) is 0 Å². The average Bonchev–Trinajstić information content (AvgIpc) is 3.16. The van der Waals surface area contributed by atoms with Gasteiger partial charge in [-0.25, -0.2) is 0 Å². The average molecular weight is 368 g/mol. The Hall–Kier alpha value is -3.95. The van der Waals surface area contributed by atoms with Gasteiger partial charge in [0.05, 0.1) is 4.92 Å². The first-order valence-corrected chi connectivity index (χ1v) is 7.90. The number of carbonyl (C=O) groups is 1. The third-order valence-electron chi connectivity index (χ3n) is 3.78. The van der Waals surface area contributed by atoms with E-state index in [1.54, 1.807) is 18.2 Å². The first kappa shape index (κ1) is 16.5. The highest BCUT2D eigenvalue weighted by Gasteiger charge is 2.21. The van der Waals surface area contributed by atoms with Gasteiger partial charge in [0.1, 0.15) is 18.8 Å². The number of rotatable bonds is 4. The highest BCUT2D eigenvalue weighted by atomic mass is 16.6. The summed E-state index contributed by atoms with van der Waals surface area (Å²) in [5.74, 6) is 0.612. The number of anilines is 1. The van der Waals surface area contributed by atoms with Crippen LogP contribution in [0.15, 0.2) is 46.9 Å². The second-order valence-corrected chi connectivity index (χ2v) is 5.50. The largest absolute Gasteiger partial charge is 0.486 e. The van der Waals surface area contributed by atoms with E-state index in [2.05, 4.69) is 15.5 Å². The van der Waals surface area contributed by atoms with E-state index in [1.807, 2.05) is 0 Å². The molecule has 0 atom stereocenters. The summed E-state index contributed by atoms with van der Waals surface area (Å²) in [6.45, 7) is 0.923. The third kappa shape index (κ3) is 3.27. The number of nitrogens with zero attached hydrogens (tertiary/aromatic N) is 3. The highest BCUT2D eigenvalue weighted by Crippen LogP contribution is 2.34. The summed E-state index contributed by atoms with van der Waals surface area (Å²) >= 11 is 0. The fraction of sp³-hybridized carbons (Fsp3) is 0.118. The van der Waals surface area contributed by atoms with E-state index in [-0.39, 0.29) is 23.2 Å². The molecule has 0 unspecified atom stereocenters. The van der Waals surface area contributed by atoms with Gasteiger partial charge in [-0.3, -0.25) is 20.2 Å². The molecule has 0 fully saturated rings. The zero-order valence-corrected chi connectivity index (χ0v) is 13.7. The molecular formula is C17H12N4O6. The molecule has 3 aromatic rings. The molecule has 136 valence electrons. The van der Waals surface area contributed by atoms with Crippen molar-refractivity contribution in [2.75, 3.05) is 18.5 Å². The minimum atomic E-state index is -0.723. The molecule has 27 heavy (non-hydrogen) atoms. The van der Waals surface area contributed by atoms with E-state index >= 15 is 0 Å². The number of amides is 1. The molecule has 0 bridgehead atoms. The Morgan fingerprint density at radius 1 is 1.07 bits per heavy atom. The molecule has 1 aliphatic rings. The van der Waals surface area contributed by atoms with Crippen LogP contribution >= 0.6 is 0 Å². The Morgan fingerprint density at radius 3 is 2.67 bits per heavy atom. The zero-order chi connectivity index (χ0) is 18.8. The number of carbonyl (C=O) groups excluding carboxylic acids is 1. The number of benzene rings is 2. The van der Waals surface area contributed by atoms with Gasteiger partial charge >= 0.3 is 6.01 Å². The van der Waals surface area contributed by atoms with Crippen LogP contribution in [-0.2, 0) is 0 Å². The van der Waals surface area contributed by atoms with Crippen LogP contribution in [0.1, 0.15) is 10.4 Å². The lowest BCUT2D eigenvalue weighted by Gasteiger charge is -2.18. The Labute approximate surface area is 151 Å². The predicted octanol–water partition coefficient (Wildman–Crippen LogP) is 2.67. The molecule has 0 saturated carbocycles. The van der Waals surface area contributed by atoms with Crippen LogP contribution in [0.4, 0.5) is 11.7 Å². The molecule has 4 rings (SSSR count). The minimum Gasteiger partial charge on any atom is -0.486 e. The monoisotopic (exact) mass is 368 g/mol. The van der Waals surface area contributed by atoms with Gasteiger partial charge in [-0.05, 0) is 24.3 Å². The fourth-order valence-electron chi connectivity index (χ4n) is 2.56. The number of hydrogen-bond donors (Lipinski definition) is 1. The van der Waals surface area contributed by atoms with E-state index in [9.17, 15) is 14.9 Å². The molecule has 2 heterocycles. The second kappa shape index (κ2) is 6.75. The lowest BCUT2D eigenvalue weighted by molar-refractivity contribution is -0.385. The quantitative estimate of drug-likeness (QED) is 0.549. The van der Waals surface area contributed by atoms with Gasteiger partial charge in [0.25, 0.3) is 11.6 Å². The van der Waals surface area contributed by atoms with Gasteiger partial charge in [0, 0.05) is 11.6 Å². The van der Waals surface area contributed by atoms with E-state index in [4.69, 9.17) is 13.9 Å². The van der Waals surface area contributed by atoms with Crippen molar-refractivity contribution in [3.05, 3.63) is 58.1 Å². The Balaban J connectivity index is 1.55. The molecular weight excluding hydrogens is 356 g/mol. The van der Waals surface area contributed by atoms with Gasteiger partial charge in [-0.2, -0.15) is 0 Å². The topological polar surface area (TPSA) is 130 Å². The summed E-state index contributed by atoms with van der Waals surface area (Å²) in [6.07, 6.45) is 0. The molecule has 0 aliphatic carbocycles. The van der Waals surface area contributed by atoms with Crippen LogP contribution in [0.5, 0.6) is 11.5 Å². The SMILES string of the molecule is O=C(Nc1nnc(-c2ccc3c(c2)OCCO3)o1)c1ccccc1[N+](=O)[O-]. The Bertz CT molecular complexity index is 1030. The van der Waals surface area contributed by atoms with Gasteiger partial charge in [0.2, 0.25) is 5.89 Å². The molecule has 1 aliphatic heterocycles. The van der Waals surface area contributed by atoms with Crippen molar-refractivity contribution in [1.29, 1.82) is 0 Å². The van der Waals surface area contributed by atoms with E-state index in [1.165, 1.54) is 24.3 Å². The number of nitro benzene ring substituents is 1. The third-order valence-corrected chi connectivity index (χ3v) is 3.78. The van der Waals surface area contributed by atoms with E-state index in [0.717, 1.165) is 0 Å². The normalized spacial score (nSPS) is 12.4. The van der Waals surface area contributed by atoms with Gasteiger partial charge < -0.3 is 13.9 Å². The molecule has 0 radical (unpaired) electrons. The smallest absolute Gasteiger partial charge is 0.322 e. The second-order valence-electron chi connectivity index (χ2n) is 5.50. The number of para-hydroxylation sites is 1.